The number of benzene rings is 2. The van der Waals surface area contributed by atoms with Crippen molar-refractivity contribution < 1.29 is 14.3 Å². The minimum atomic E-state index is -0.826. The van der Waals surface area contributed by atoms with Crippen LogP contribution in [0.5, 0.6) is 5.75 Å². The fourth-order valence-corrected chi connectivity index (χ4v) is 3.38. The Balaban J connectivity index is 1.67. The highest BCUT2D eigenvalue weighted by Gasteiger charge is 2.33. The van der Waals surface area contributed by atoms with E-state index in [0.29, 0.717) is 22.3 Å². The molecule has 1 aliphatic rings. The molecular formula is C21H20N4O4. The topological polar surface area (TPSA) is 93.5 Å². The van der Waals surface area contributed by atoms with Gasteiger partial charge in [-0.15, -0.1) is 0 Å². The summed E-state index contributed by atoms with van der Waals surface area (Å²) in [5, 5.41) is 3.01. The fraction of sp³-hybridized carbons (Fsp3) is 0.238. The van der Waals surface area contributed by atoms with Gasteiger partial charge < -0.3 is 15.0 Å². The van der Waals surface area contributed by atoms with Crippen LogP contribution >= 0.6 is 0 Å². The number of carbonyl (C=O) groups excluding carboxylic acids is 2. The SMILES string of the molecule is CNC(=O)C1CN(C(=O)Cn2cnc3ccc(C)cc3c2=O)c2ccccc2O1. The standard InChI is InChI=1S/C21H20N4O4/c1-13-7-8-15-14(9-13)21(28)24(12-23-15)11-19(26)25-10-18(20(27)22-2)29-17-6-4-3-5-16(17)25/h3-9,12,18H,10-11H2,1-2H3,(H,22,27). The first kappa shape index (κ1) is 18.7. The van der Waals surface area contributed by atoms with E-state index in [1.165, 1.54) is 22.8 Å². The first-order chi connectivity index (χ1) is 14.0. The zero-order valence-corrected chi connectivity index (χ0v) is 16.1. The Morgan fingerprint density at radius 1 is 1.24 bits per heavy atom. The van der Waals surface area contributed by atoms with Gasteiger partial charge in [-0.1, -0.05) is 23.8 Å². The molecule has 0 saturated carbocycles. The number of ether oxygens (including phenoxy) is 1. The number of para-hydroxylation sites is 2. The van der Waals surface area contributed by atoms with Crippen LogP contribution in [0.2, 0.25) is 0 Å². The lowest BCUT2D eigenvalue weighted by molar-refractivity contribution is -0.128. The molecule has 3 aromatic rings. The van der Waals surface area contributed by atoms with Crippen LogP contribution in [0.3, 0.4) is 0 Å². The number of aromatic nitrogens is 2. The molecule has 1 atom stereocenters. The largest absolute Gasteiger partial charge is 0.477 e. The van der Waals surface area contributed by atoms with Crippen LogP contribution in [0.1, 0.15) is 5.56 Å². The van der Waals surface area contributed by atoms with Crippen LogP contribution in [0.25, 0.3) is 10.9 Å². The maximum atomic E-state index is 13.1. The Bertz CT molecular complexity index is 1170. The highest BCUT2D eigenvalue weighted by atomic mass is 16.5. The number of nitrogens with one attached hydrogen (secondary N) is 1. The molecule has 2 heterocycles. The average Bonchev–Trinajstić information content (AvgIpc) is 2.74. The molecule has 0 radical (unpaired) electrons. The summed E-state index contributed by atoms with van der Waals surface area (Å²) in [4.78, 5) is 43.8. The van der Waals surface area contributed by atoms with Gasteiger partial charge in [0.15, 0.2) is 6.10 Å². The summed E-state index contributed by atoms with van der Waals surface area (Å²) in [6.45, 7) is 1.76. The molecule has 1 aliphatic heterocycles. The summed E-state index contributed by atoms with van der Waals surface area (Å²) in [6.07, 6.45) is 0.550. The second kappa shape index (κ2) is 7.38. The highest BCUT2D eigenvalue weighted by Crippen LogP contribution is 2.33. The van der Waals surface area contributed by atoms with E-state index in [-0.39, 0.29) is 30.5 Å². The van der Waals surface area contributed by atoms with E-state index in [1.54, 1.807) is 36.4 Å². The molecule has 8 heteroatoms. The van der Waals surface area contributed by atoms with E-state index in [0.717, 1.165) is 5.56 Å². The van der Waals surface area contributed by atoms with E-state index in [9.17, 15) is 14.4 Å². The van der Waals surface area contributed by atoms with Crippen LogP contribution < -0.4 is 20.5 Å². The van der Waals surface area contributed by atoms with Gasteiger partial charge in [0.25, 0.3) is 11.5 Å². The number of likely N-dealkylation sites (N-methyl/N-ethyl adjacent to an activating group) is 1. The first-order valence-electron chi connectivity index (χ1n) is 9.21. The monoisotopic (exact) mass is 392 g/mol. The van der Waals surface area contributed by atoms with Gasteiger partial charge in [-0.25, -0.2) is 4.98 Å². The van der Waals surface area contributed by atoms with Crippen molar-refractivity contribution in [3.8, 4) is 5.75 Å². The van der Waals surface area contributed by atoms with E-state index in [1.807, 2.05) is 13.0 Å². The number of fused-ring (bicyclic) bond motifs is 2. The van der Waals surface area contributed by atoms with Gasteiger partial charge >= 0.3 is 0 Å². The molecule has 4 rings (SSSR count). The molecule has 148 valence electrons. The molecule has 1 aromatic heterocycles. The molecule has 1 unspecified atom stereocenters. The third-order valence-electron chi connectivity index (χ3n) is 4.90. The molecule has 0 saturated heterocycles. The molecule has 1 N–H and O–H groups in total. The number of nitrogens with zero attached hydrogens (tertiary/aromatic N) is 3. The smallest absolute Gasteiger partial charge is 0.262 e. The Labute approximate surface area is 166 Å². The number of amides is 2. The fourth-order valence-electron chi connectivity index (χ4n) is 3.38. The number of aryl methyl sites for hydroxylation is 1. The quantitative estimate of drug-likeness (QED) is 0.724. The second-order valence-corrected chi connectivity index (χ2v) is 6.89. The minimum absolute atomic E-state index is 0.0599. The summed E-state index contributed by atoms with van der Waals surface area (Å²) in [5.74, 6) is -0.205. The van der Waals surface area contributed by atoms with Crippen LogP contribution in [0.4, 0.5) is 5.69 Å². The highest BCUT2D eigenvalue weighted by molar-refractivity contribution is 5.97. The Kier molecular flexibility index (Phi) is 4.75. The van der Waals surface area contributed by atoms with Crippen LogP contribution in [0, 0.1) is 6.92 Å². The number of anilines is 1. The van der Waals surface area contributed by atoms with Crippen LogP contribution in [0.15, 0.2) is 53.6 Å². The molecule has 0 bridgehead atoms. The predicted octanol–water partition coefficient (Wildman–Crippen LogP) is 1.25. The molecule has 0 spiro atoms. The lowest BCUT2D eigenvalue weighted by Crippen LogP contribution is -2.51. The normalized spacial score (nSPS) is 15.5. The van der Waals surface area contributed by atoms with E-state index < -0.39 is 6.10 Å². The summed E-state index contributed by atoms with van der Waals surface area (Å²) < 4.78 is 7.01. The Hall–Kier alpha value is -3.68. The lowest BCUT2D eigenvalue weighted by atomic mass is 10.1. The van der Waals surface area contributed by atoms with Crippen molar-refractivity contribution in [3.63, 3.8) is 0 Å². The van der Waals surface area contributed by atoms with E-state index in [2.05, 4.69) is 10.3 Å². The minimum Gasteiger partial charge on any atom is -0.477 e. The molecule has 8 nitrogen and oxygen atoms in total. The van der Waals surface area contributed by atoms with Gasteiger partial charge in [0.05, 0.1) is 29.5 Å². The molecule has 2 aromatic carbocycles. The summed E-state index contributed by atoms with van der Waals surface area (Å²) in [5.41, 5.74) is 1.81. The average molecular weight is 392 g/mol. The van der Waals surface area contributed by atoms with Crippen molar-refractivity contribution in [2.45, 2.75) is 19.6 Å². The van der Waals surface area contributed by atoms with Crippen molar-refractivity contribution in [2.75, 3.05) is 18.5 Å². The number of hydrogen-bond acceptors (Lipinski definition) is 5. The molecule has 0 fully saturated rings. The van der Waals surface area contributed by atoms with Crippen molar-refractivity contribution in [1.29, 1.82) is 0 Å². The number of rotatable bonds is 3. The summed E-state index contributed by atoms with van der Waals surface area (Å²) >= 11 is 0. The molecule has 0 aliphatic carbocycles. The van der Waals surface area contributed by atoms with E-state index in [4.69, 9.17) is 4.74 Å². The van der Waals surface area contributed by atoms with Crippen molar-refractivity contribution in [2.24, 2.45) is 0 Å². The van der Waals surface area contributed by atoms with Gasteiger partial charge in [0, 0.05) is 7.05 Å². The first-order valence-corrected chi connectivity index (χ1v) is 9.21. The predicted molar refractivity (Wildman–Crippen MR) is 108 cm³/mol. The zero-order chi connectivity index (χ0) is 20.5. The Morgan fingerprint density at radius 2 is 2.03 bits per heavy atom. The number of hydrogen-bond donors (Lipinski definition) is 1. The van der Waals surface area contributed by atoms with Gasteiger partial charge in [0.1, 0.15) is 12.3 Å². The number of carbonyl (C=O) groups is 2. The third-order valence-corrected chi connectivity index (χ3v) is 4.90. The second-order valence-electron chi connectivity index (χ2n) is 6.89. The lowest BCUT2D eigenvalue weighted by Gasteiger charge is -2.34. The molecular weight excluding hydrogens is 372 g/mol. The Morgan fingerprint density at radius 3 is 2.83 bits per heavy atom. The molecule has 29 heavy (non-hydrogen) atoms. The van der Waals surface area contributed by atoms with Gasteiger partial charge in [-0.3, -0.25) is 19.0 Å². The molecule has 2 amide bonds. The van der Waals surface area contributed by atoms with Crippen molar-refractivity contribution in [3.05, 3.63) is 64.7 Å². The summed E-state index contributed by atoms with van der Waals surface area (Å²) in [6, 6.07) is 12.4. The summed E-state index contributed by atoms with van der Waals surface area (Å²) in [7, 11) is 1.51. The van der Waals surface area contributed by atoms with Crippen LogP contribution in [-0.2, 0) is 16.1 Å². The maximum Gasteiger partial charge on any atom is 0.262 e. The third kappa shape index (κ3) is 3.44. The van der Waals surface area contributed by atoms with Gasteiger partial charge in [-0.2, -0.15) is 0 Å². The van der Waals surface area contributed by atoms with Gasteiger partial charge in [0.2, 0.25) is 5.91 Å². The van der Waals surface area contributed by atoms with E-state index >= 15 is 0 Å². The van der Waals surface area contributed by atoms with Crippen LogP contribution in [-0.4, -0.2) is 41.1 Å². The van der Waals surface area contributed by atoms with Gasteiger partial charge in [-0.05, 0) is 31.2 Å². The maximum absolute atomic E-state index is 13.1. The van der Waals surface area contributed by atoms with Crippen molar-refractivity contribution in [1.82, 2.24) is 14.9 Å². The zero-order valence-electron chi connectivity index (χ0n) is 16.1. The van der Waals surface area contributed by atoms with Crippen molar-refractivity contribution >= 4 is 28.4 Å².